The van der Waals surface area contributed by atoms with Crippen LogP contribution in [0.15, 0.2) is 16.6 Å². The number of carbonyl (C=O) groups excluding carboxylic acids is 1. The maximum Gasteiger partial charge on any atom is 0.405 e. The molecule has 0 aromatic heterocycles. The zero-order valence-electron chi connectivity index (χ0n) is 32.8. The monoisotopic (exact) mass is 754 g/mol. The highest BCUT2D eigenvalue weighted by atomic mass is 31.2. The number of aliphatic imine (C=N–C) groups is 1. The predicted molar refractivity (Wildman–Crippen MR) is 207 cm³/mol. The van der Waals surface area contributed by atoms with E-state index in [0.717, 1.165) is 54.8 Å². The van der Waals surface area contributed by atoms with E-state index < -0.39 is 14.0 Å². The first kappa shape index (κ1) is 43.2. The van der Waals surface area contributed by atoms with Crippen molar-refractivity contribution in [3.05, 3.63) is 11.6 Å². The van der Waals surface area contributed by atoms with Crippen LogP contribution in [0.4, 0.5) is 0 Å². The second kappa shape index (κ2) is 19.8. The van der Waals surface area contributed by atoms with Gasteiger partial charge in [-0.15, -0.1) is 0 Å². The van der Waals surface area contributed by atoms with Crippen LogP contribution in [0.3, 0.4) is 0 Å². The molecule has 3 saturated carbocycles. The molecule has 0 radical (unpaired) electrons. The molecule has 9 unspecified atom stereocenters. The summed E-state index contributed by atoms with van der Waals surface area (Å²) in [5.74, 6) is 4.52. The Bertz CT molecular complexity index is 1250. The third-order valence-electron chi connectivity index (χ3n) is 13.0. The number of fused-ring (bicyclic) bond motifs is 5. The van der Waals surface area contributed by atoms with Gasteiger partial charge < -0.3 is 32.4 Å². The molecule has 14 heteroatoms. The van der Waals surface area contributed by atoms with Gasteiger partial charge in [-0.25, -0.2) is 9.65 Å². The van der Waals surface area contributed by atoms with Crippen LogP contribution in [0.2, 0.25) is 0 Å². The lowest BCUT2D eigenvalue weighted by Crippen LogP contribution is -2.51. The Morgan fingerprint density at radius 2 is 1.75 bits per heavy atom. The van der Waals surface area contributed by atoms with E-state index in [2.05, 4.69) is 56.1 Å². The summed E-state index contributed by atoms with van der Waals surface area (Å²) in [6.07, 6.45) is 15.6. The fourth-order valence-electron chi connectivity index (χ4n) is 10.4. The van der Waals surface area contributed by atoms with Gasteiger partial charge in [0.25, 0.3) is 0 Å². The minimum absolute atomic E-state index is 0.0182. The number of allylic oxidation sites excluding steroid dienone is 1. The summed E-state index contributed by atoms with van der Waals surface area (Å²) in [5.41, 5.74) is 23.8. The van der Waals surface area contributed by atoms with E-state index in [0.29, 0.717) is 5.41 Å². The summed E-state index contributed by atoms with van der Waals surface area (Å²) in [4.78, 5) is 16.7. The standard InChI is InChI=1S/C38H72N7O6P/c1-26(2)7-6-8-27(3)31-11-12-32-30-10-9-28-25-29(13-16-37(28,4)33(30)14-17-38(31,32)5)51-34(46)15-21-48-22-20-45-52(47,49-23-18-43-35(39)40)50-24-19-44-36(41)42/h9,26-27,29-33,35,43H,6-8,10-25,39-40H2,1-5H3,(H,45,47)(H4,41,42,44). The third kappa shape index (κ3) is 11.7. The molecule has 52 heavy (non-hydrogen) atoms. The van der Waals surface area contributed by atoms with Crippen molar-refractivity contribution in [1.82, 2.24) is 10.4 Å². The fraction of sp³-hybridized carbons (Fsp3) is 0.895. The molecule has 3 fully saturated rings. The zero-order chi connectivity index (χ0) is 37.9. The number of nitrogens with zero attached hydrogens (tertiary/aromatic N) is 1. The molecule has 0 aromatic carbocycles. The number of nitrogens with one attached hydrogen (secondary N) is 2. The smallest absolute Gasteiger partial charge is 0.405 e. The molecule has 0 bridgehead atoms. The number of guanidine groups is 1. The summed E-state index contributed by atoms with van der Waals surface area (Å²) >= 11 is 0. The topological polar surface area (TPSA) is 212 Å². The van der Waals surface area contributed by atoms with Gasteiger partial charge in [-0.3, -0.25) is 24.2 Å². The van der Waals surface area contributed by atoms with Gasteiger partial charge in [0.2, 0.25) is 0 Å². The highest BCUT2D eigenvalue weighted by molar-refractivity contribution is 7.51. The first-order valence-corrected chi connectivity index (χ1v) is 21.6. The number of carbonyl (C=O) groups is 1. The van der Waals surface area contributed by atoms with Crippen LogP contribution >= 0.6 is 7.75 Å². The van der Waals surface area contributed by atoms with Crippen molar-refractivity contribution in [3.63, 3.8) is 0 Å². The van der Waals surface area contributed by atoms with Crippen LogP contribution in [0.1, 0.15) is 112 Å². The number of ether oxygens (including phenoxy) is 2. The van der Waals surface area contributed by atoms with Gasteiger partial charge in [0.05, 0.1) is 39.4 Å². The molecule has 4 aliphatic rings. The molecule has 300 valence electrons. The third-order valence-corrected chi connectivity index (χ3v) is 14.6. The Balaban J connectivity index is 1.19. The minimum Gasteiger partial charge on any atom is -0.462 e. The highest BCUT2D eigenvalue weighted by Crippen LogP contribution is 2.67. The second-order valence-electron chi connectivity index (χ2n) is 16.9. The quantitative estimate of drug-likeness (QED) is 0.0161. The van der Waals surface area contributed by atoms with Gasteiger partial charge in [-0.2, -0.15) is 0 Å². The van der Waals surface area contributed by atoms with Gasteiger partial charge in [-0.05, 0) is 91.3 Å². The van der Waals surface area contributed by atoms with Crippen LogP contribution in [0.5, 0.6) is 0 Å². The van der Waals surface area contributed by atoms with E-state index in [1.165, 1.54) is 56.9 Å². The average molecular weight is 754 g/mol. The minimum atomic E-state index is -3.68. The Morgan fingerprint density at radius 1 is 0.981 bits per heavy atom. The van der Waals surface area contributed by atoms with Gasteiger partial charge >= 0.3 is 13.7 Å². The largest absolute Gasteiger partial charge is 0.462 e. The van der Waals surface area contributed by atoms with Crippen LogP contribution in [-0.2, 0) is 27.9 Å². The number of rotatable bonds is 22. The summed E-state index contributed by atoms with van der Waals surface area (Å²) < 4.78 is 35.6. The van der Waals surface area contributed by atoms with E-state index in [1.807, 2.05) is 0 Å². The molecule has 10 N–H and O–H groups in total. The molecule has 0 spiro atoms. The summed E-state index contributed by atoms with van der Waals surface area (Å²) in [7, 11) is -3.68. The molecular weight excluding hydrogens is 681 g/mol. The fourth-order valence-corrected chi connectivity index (χ4v) is 11.6. The lowest BCUT2D eigenvalue weighted by Gasteiger charge is -2.58. The Morgan fingerprint density at radius 3 is 2.48 bits per heavy atom. The van der Waals surface area contributed by atoms with Crippen molar-refractivity contribution in [3.8, 4) is 0 Å². The van der Waals surface area contributed by atoms with E-state index in [9.17, 15) is 9.36 Å². The van der Waals surface area contributed by atoms with Gasteiger partial charge in [0, 0.05) is 19.5 Å². The van der Waals surface area contributed by atoms with Gasteiger partial charge in [-0.1, -0.05) is 65.5 Å². The van der Waals surface area contributed by atoms with Crippen molar-refractivity contribution < 1.29 is 27.9 Å². The zero-order valence-corrected chi connectivity index (χ0v) is 33.7. The maximum atomic E-state index is 13.1. The molecule has 13 nitrogen and oxygen atoms in total. The lowest BCUT2D eigenvalue weighted by molar-refractivity contribution is -0.152. The Hall–Kier alpha value is -1.57. The van der Waals surface area contributed by atoms with E-state index in [4.69, 9.17) is 41.5 Å². The molecule has 9 atom stereocenters. The Kier molecular flexibility index (Phi) is 16.5. The molecule has 4 aliphatic carbocycles. The second-order valence-corrected chi connectivity index (χ2v) is 18.7. The molecule has 0 aromatic rings. The van der Waals surface area contributed by atoms with Crippen LogP contribution in [-0.4, -0.2) is 70.4 Å². The predicted octanol–water partition coefficient (Wildman–Crippen LogP) is 5.14. The number of hydrogen-bond donors (Lipinski definition) is 6. The SMILES string of the molecule is CC(C)CCCC(C)C1CCC2C3CC=C4CC(OC(=O)CCOCCNP(=O)(OCCN=C(N)N)OCCNC(N)N)CCC4(C)C3CCC12C. The van der Waals surface area contributed by atoms with Crippen molar-refractivity contribution in [2.45, 2.75) is 124 Å². The van der Waals surface area contributed by atoms with E-state index in [-0.39, 0.29) is 75.9 Å². The maximum absolute atomic E-state index is 13.1. The van der Waals surface area contributed by atoms with Crippen molar-refractivity contribution in [2.24, 2.45) is 74.3 Å². The summed E-state index contributed by atoms with van der Waals surface area (Å²) in [5, 5.41) is 5.54. The molecule has 0 amide bonds. The van der Waals surface area contributed by atoms with E-state index >= 15 is 0 Å². The molecule has 0 aliphatic heterocycles. The first-order chi connectivity index (χ1) is 24.7. The van der Waals surface area contributed by atoms with Crippen LogP contribution < -0.4 is 33.3 Å². The van der Waals surface area contributed by atoms with Crippen molar-refractivity contribution >= 4 is 19.7 Å². The highest BCUT2D eigenvalue weighted by Gasteiger charge is 2.59. The summed E-state index contributed by atoms with van der Waals surface area (Å²) in [6, 6.07) is 0. The van der Waals surface area contributed by atoms with E-state index in [1.54, 1.807) is 0 Å². The molecular formula is C38H72N7O6P. The molecule has 0 saturated heterocycles. The summed E-state index contributed by atoms with van der Waals surface area (Å²) in [6.45, 7) is 13.4. The Labute approximate surface area is 313 Å². The number of nitrogens with two attached hydrogens (primary N) is 4. The normalized spacial score (nSPS) is 31.6. The molecule has 0 heterocycles. The van der Waals surface area contributed by atoms with Crippen LogP contribution in [0.25, 0.3) is 0 Å². The molecule has 4 rings (SSSR count). The number of hydrogen-bond acceptors (Lipinski definition) is 10. The van der Waals surface area contributed by atoms with Crippen molar-refractivity contribution in [1.29, 1.82) is 0 Å². The average Bonchev–Trinajstić information content (AvgIpc) is 3.44. The van der Waals surface area contributed by atoms with Gasteiger partial charge in [0.15, 0.2) is 5.96 Å². The van der Waals surface area contributed by atoms with Crippen LogP contribution in [0, 0.1) is 46.3 Å². The first-order valence-electron chi connectivity index (χ1n) is 20.1. The number of esters is 1. The lowest BCUT2D eigenvalue weighted by atomic mass is 9.47. The van der Waals surface area contributed by atoms with Gasteiger partial charge in [0.1, 0.15) is 12.4 Å². The van der Waals surface area contributed by atoms with Crippen molar-refractivity contribution in [2.75, 3.05) is 46.1 Å².